The van der Waals surface area contributed by atoms with Crippen molar-refractivity contribution < 1.29 is 4.79 Å². The molecule has 0 unspecified atom stereocenters. The molecular weight excluding hydrogens is 204 g/mol. The van der Waals surface area contributed by atoms with Crippen LogP contribution in [0.15, 0.2) is 9.85 Å². The summed E-state index contributed by atoms with van der Waals surface area (Å²) < 4.78 is 1.02. The van der Waals surface area contributed by atoms with Crippen molar-refractivity contribution >= 4 is 28.9 Å². The Bertz CT molecular complexity index is 249. The van der Waals surface area contributed by atoms with Crippen LogP contribution in [-0.2, 0) is 4.79 Å². The molecule has 0 N–H and O–H groups in total. The number of carbonyl (C=O) groups excluding carboxylic acids is 1. The van der Waals surface area contributed by atoms with Crippen LogP contribution < -0.4 is 0 Å². The number of nitrogens with zero attached hydrogens (tertiary/aromatic N) is 2. The van der Waals surface area contributed by atoms with Gasteiger partial charge in [0.15, 0.2) is 4.34 Å². The van der Waals surface area contributed by atoms with Crippen molar-refractivity contribution in [3.63, 3.8) is 0 Å². The average molecular weight is 216 g/mol. The Hall–Kier alpha value is -0.420. The molecule has 0 radical (unpaired) electrons. The standard InChI is InChI=1S/C8H12N2OS2/c1-7(11)4-2-3-5-12-8-10-9-6-13-8/h6H,2-5H2,1H3. The number of rotatable bonds is 6. The fourth-order valence-corrected chi connectivity index (χ4v) is 2.42. The van der Waals surface area contributed by atoms with Gasteiger partial charge in [0, 0.05) is 12.2 Å². The smallest absolute Gasteiger partial charge is 0.174 e. The van der Waals surface area contributed by atoms with Gasteiger partial charge in [0.1, 0.15) is 11.3 Å². The number of ketones is 1. The highest BCUT2D eigenvalue weighted by atomic mass is 32.2. The lowest BCUT2D eigenvalue weighted by atomic mass is 10.2. The molecule has 0 fully saturated rings. The molecule has 72 valence electrons. The minimum absolute atomic E-state index is 0.279. The summed E-state index contributed by atoms with van der Waals surface area (Å²) in [6.07, 6.45) is 2.77. The summed E-state index contributed by atoms with van der Waals surface area (Å²) in [6, 6.07) is 0. The van der Waals surface area contributed by atoms with Gasteiger partial charge in [-0.2, -0.15) is 0 Å². The van der Waals surface area contributed by atoms with Crippen LogP contribution in [0.3, 0.4) is 0 Å². The first-order valence-corrected chi connectivity index (χ1v) is 6.04. The molecule has 0 saturated carbocycles. The van der Waals surface area contributed by atoms with Crippen molar-refractivity contribution in [2.45, 2.75) is 30.5 Å². The predicted molar refractivity (Wildman–Crippen MR) is 55.2 cm³/mol. The Balaban J connectivity index is 1.99. The van der Waals surface area contributed by atoms with Gasteiger partial charge in [0.2, 0.25) is 0 Å². The first kappa shape index (κ1) is 10.7. The number of hydrogen-bond donors (Lipinski definition) is 0. The van der Waals surface area contributed by atoms with Crippen LogP contribution >= 0.6 is 23.1 Å². The van der Waals surface area contributed by atoms with E-state index in [1.165, 1.54) is 0 Å². The second-order valence-corrected chi connectivity index (χ2v) is 4.89. The van der Waals surface area contributed by atoms with E-state index >= 15 is 0 Å². The highest BCUT2D eigenvalue weighted by Gasteiger charge is 1.98. The molecule has 1 aromatic heterocycles. The number of unbranched alkanes of at least 4 members (excludes halogenated alkanes) is 1. The summed E-state index contributed by atoms with van der Waals surface area (Å²) >= 11 is 3.27. The monoisotopic (exact) mass is 216 g/mol. The minimum atomic E-state index is 0.279. The van der Waals surface area contributed by atoms with Gasteiger partial charge in [-0.3, -0.25) is 0 Å². The maximum atomic E-state index is 10.6. The number of thioether (sulfide) groups is 1. The first-order chi connectivity index (χ1) is 6.29. The highest BCUT2D eigenvalue weighted by molar-refractivity contribution is 8.00. The van der Waals surface area contributed by atoms with Crippen LogP contribution in [0.4, 0.5) is 0 Å². The van der Waals surface area contributed by atoms with Crippen molar-refractivity contribution in [1.29, 1.82) is 0 Å². The van der Waals surface area contributed by atoms with E-state index < -0.39 is 0 Å². The third-order valence-electron chi connectivity index (χ3n) is 1.49. The maximum Gasteiger partial charge on any atom is 0.174 e. The molecule has 0 spiro atoms. The number of hydrogen-bond acceptors (Lipinski definition) is 5. The van der Waals surface area contributed by atoms with E-state index in [0.29, 0.717) is 6.42 Å². The molecule has 0 bridgehead atoms. The van der Waals surface area contributed by atoms with E-state index in [-0.39, 0.29) is 5.78 Å². The van der Waals surface area contributed by atoms with Gasteiger partial charge in [-0.25, -0.2) is 0 Å². The molecule has 5 heteroatoms. The van der Waals surface area contributed by atoms with Crippen LogP contribution in [0.2, 0.25) is 0 Å². The summed E-state index contributed by atoms with van der Waals surface area (Å²) in [7, 11) is 0. The van der Waals surface area contributed by atoms with E-state index in [0.717, 1.165) is 22.9 Å². The zero-order chi connectivity index (χ0) is 9.52. The van der Waals surface area contributed by atoms with Gasteiger partial charge in [0.05, 0.1) is 0 Å². The molecular formula is C8H12N2OS2. The van der Waals surface area contributed by atoms with Crippen LogP contribution in [0.25, 0.3) is 0 Å². The third kappa shape index (κ3) is 5.00. The zero-order valence-corrected chi connectivity index (χ0v) is 9.16. The summed E-state index contributed by atoms with van der Waals surface area (Å²) in [5.41, 5.74) is 1.73. The van der Waals surface area contributed by atoms with E-state index in [1.807, 2.05) is 0 Å². The number of aromatic nitrogens is 2. The quantitative estimate of drug-likeness (QED) is 0.541. The van der Waals surface area contributed by atoms with Gasteiger partial charge in [0.25, 0.3) is 0 Å². The number of Topliss-reactive ketones (excluding diaryl/α,β-unsaturated/α-hetero) is 1. The molecule has 0 saturated heterocycles. The van der Waals surface area contributed by atoms with Crippen molar-refractivity contribution in [3.8, 4) is 0 Å². The van der Waals surface area contributed by atoms with Gasteiger partial charge in [-0.1, -0.05) is 23.1 Å². The van der Waals surface area contributed by atoms with Crippen LogP contribution in [0.1, 0.15) is 26.2 Å². The van der Waals surface area contributed by atoms with Gasteiger partial charge < -0.3 is 4.79 Å². The highest BCUT2D eigenvalue weighted by Crippen LogP contribution is 2.20. The maximum absolute atomic E-state index is 10.6. The zero-order valence-electron chi connectivity index (χ0n) is 7.52. The van der Waals surface area contributed by atoms with Crippen LogP contribution in [0.5, 0.6) is 0 Å². The average Bonchev–Trinajstić information content (AvgIpc) is 2.55. The normalized spacial score (nSPS) is 10.2. The van der Waals surface area contributed by atoms with Crippen molar-refractivity contribution in [2.24, 2.45) is 0 Å². The minimum Gasteiger partial charge on any atom is -0.300 e. The lowest BCUT2D eigenvalue weighted by Crippen LogP contribution is -1.90. The fraction of sp³-hybridized carbons (Fsp3) is 0.625. The lowest BCUT2D eigenvalue weighted by molar-refractivity contribution is -0.117. The van der Waals surface area contributed by atoms with Crippen LogP contribution in [-0.4, -0.2) is 21.7 Å². The topological polar surface area (TPSA) is 42.9 Å². The summed E-state index contributed by atoms with van der Waals surface area (Å²) in [6.45, 7) is 1.64. The fourth-order valence-electron chi connectivity index (χ4n) is 0.861. The SMILES string of the molecule is CC(=O)CCCCSc1nncs1. The molecule has 0 atom stereocenters. The molecule has 0 aromatic carbocycles. The summed E-state index contributed by atoms with van der Waals surface area (Å²) in [5, 5.41) is 7.66. The molecule has 1 rings (SSSR count). The molecule has 0 amide bonds. The van der Waals surface area contributed by atoms with Gasteiger partial charge >= 0.3 is 0 Å². The number of carbonyl (C=O) groups is 1. The Labute approximate surface area is 86.0 Å². The van der Waals surface area contributed by atoms with Gasteiger partial charge in [-0.05, 0) is 19.8 Å². The van der Waals surface area contributed by atoms with E-state index in [2.05, 4.69) is 10.2 Å². The summed E-state index contributed by atoms with van der Waals surface area (Å²) in [5.74, 6) is 1.31. The molecule has 0 aliphatic rings. The second kappa shape index (κ2) is 6.10. The van der Waals surface area contributed by atoms with Gasteiger partial charge in [-0.15, -0.1) is 10.2 Å². The van der Waals surface area contributed by atoms with Crippen molar-refractivity contribution in [3.05, 3.63) is 5.51 Å². The Kier molecular flexibility index (Phi) is 5.00. The van der Waals surface area contributed by atoms with Crippen molar-refractivity contribution in [1.82, 2.24) is 10.2 Å². The largest absolute Gasteiger partial charge is 0.300 e. The summed E-state index contributed by atoms with van der Waals surface area (Å²) in [4.78, 5) is 10.6. The Morgan fingerprint density at radius 3 is 3.08 bits per heavy atom. The van der Waals surface area contributed by atoms with E-state index in [1.54, 1.807) is 35.5 Å². The second-order valence-electron chi connectivity index (χ2n) is 2.71. The lowest BCUT2D eigenvalue weighted by Gasteiger charge is -1.95. The molecule has 1 aromatic rings. The third-order valence-corrected chi connectivity index (χ3v) is 3.44. The Morgan fingerprint density at radius 2 is 2.46 bits per heavy atom. The molecule has 3 nitrogen and oxygen atoms in total. The Morgan fingerprint density at radius 1 is 1.62 bits per heavy atom. The van der Waals surface area contributed by atoms with Crippen molar-refractivity contribution in [2.75, 3.05) is 5.75 Å². The molecule has 1 heterocycles. The van der Waals surface area contributed by atoms with E-state index in [4.69, 9.17) is 0 Å². The predicted octanol–water partition coefficient (Wildman–Crippen LogP) is 2.39. The molecule has 0 aliphatic heterocycles. The van der Waals surface area contributed by atoms with Crippen LogP contribution in [0, 0.1) is 0 Å². The van der Waals surface area contributed by atoms with E-state index in [9.17, 15) is 4.79 Å². The first-order valence-electron chi connectivity index (χ1n) is 4.17. The molecule has 0 aliphatic carbocycles. The molecule has 13 heavy (non-hydrogen) atoms.